The van der Waals surface area contributed by atoms with E-state index < -0.39 is 0 Å². The number of aromatic nitrogens is 3. The Labute approximate surface area is 141 Å². The van der Waals surface area contributed by atoms with Crippen LogP contribution in [0.5, 0.6) is 0 Å². The lowest BCUT2D eigenvalue weighted by molar-refractivity contribution is -0.0119. The molecule has 1 saturated heterocycles. The van der Waals surface area contributed by atoms with Crippen LogP contribution in [-0.4, -0.2) is 40.1 Å². The zero-order valence-corrected chi connectivity index (χ0v) is 14.1. The van der Waals surface area contributed by atoms with Gasteiger partial charge in [0.2, 0.25) is 0 Å². The fourth-order valence-electron chi connectivity index (χ4n) is 3.07. The van der Waals surface area contributed by atoms with Crippen LogP contribution in [0.25, 0.3) is 5.82 Å². The maximum absolute atomic E-state index is 12.6. The van der Waals surface area contributed by atoms with Gasteiger partial charge in [0.15, 0.2) is 5.82 Å². The molecule has 1 fully saturated rings. The molecule has 0 amide bonds. The van der Waals surface area contributed by atoms with Crippen LogP contribution in [0, 0.1) is 5.92 Å². The number of nitrogens with zero attached hydrogens (tertiary/aromatic N) is 3. The van der Waals surface area contributed by atoms with Crippen molar-refractivity contribution in [1.82, 2.24) is 14.8 Å². The van der Waals surface area contributed by atoms with Gasteiger partial charge in [-0.1, -0.05) is 13.0 Å². The molecule has 24 heavy (non-hydrogen) atoms. The first-order valence-electron chi connectivity index (χ1n) is 8.47. The maximum Gasteiger partial charge on any atom is 0.341 e. The minimum Gasteiger partial charge on any atom is -0.459 e. The predicted octanol–water partition coefficient (Wildman–Crippen LogP) is 2.80. The van der Waals surface area contributed by atoms with Crippen molar-refractivity contribution < 1.29 is 14.3 Å². The van der Waals surface area contributed by atoms with Crippen LogP contribution < -0.4 is 0 Å². The van der Waals surface area contributed by atoms with Crippen LogP contribution in [0.1, 0.15) is 42.7 Å². The summed E-state index contributed by atoms with van der Waals surface area (Å²) >= 11 is 0. The van der Waals surface area contributed by atoms with Gasteiger partial charge in [-0.25, -0.2) is 14.5 Å². The lowest BCUT2D eigenvalue weighted by atomic mass is 9.95. The van der Waals surface area contributed by atoms with Gasteiger partial charge in [0.05, 0.1) is 11.9 Å². The molecule has 2 aromatic rings. The zero-order valence-electron chi connectivity index (χ0n) is 14.1. The van der Waals surface area contributed by atoms with Gasteiger partial charge in [-0.2, -0.15) is 5.10 Å². The quantitative estimate of drug-likeness (QED) is 0.789. The van der Waals surface area contributed by atoms with E-state index in [0.717, 1.165) is 31.7 Å². The number of hydrogen-bond donors (Lipinski definition) is 0. The monoisotopic (exact) mass is 329 g/mol. The van der Waals surface area contributed by atoms with Crippen molar-refractivity contribution in [2.75, 3.05) is 13.2 Å². The second-order valence-corrected chi connectivity index (χ2v) is 6.02. The minimum absolute atomic E-state index is 0.121. The van der Waals surface area contributed by atoms with Gasteiger partial charge in [0.1, 0.15) is 11.7 Å². The Morgan fingerprint density at radius 3 is 2.88 bits per heavy atom. The number of pyridine rings is 1. The molecule has 1 unspecified atom stereocenters. The summed E-state index contributed by atoms with van der Waals surface area (Å²) in [4.78, 5) is 16.9. The molecular weight excluding hydrogens is 306 g/mol. The van der Waals surface area contributed by atoms with E-state index in [2.05, 4.69) is 10.1 Å². The van der Waals surface area contributed by atoms with Crippen LogP contribution in [0.4, 0.5) is 0 Å². The van der Waals surface area contributed by atoms with Crippen molar-refractivity contribution in [1.29, 1.82) is 0 Å². The highest BCUT2D eigenvalue weighted by atomic mass is 16.5. The Hall–Kier alpha value is -2.21. The largest absolute Gasteiger partial charge is 0.459 e. The summed E-state index contributed by atoms with van der Waals surface area (Å²) in [6.45, 7) is 5.44. The van der Waals surface area contributed by atoms with Crippen LogP contribution in [0.3, 0.4) is 0 Å². The third-order valence-electron chi connectivity index (χ3n) is 4.51. The summed E-state index contributed by atoms with van der Waals surface area (Å²) in [5.41, 5.74) is 1.33. The molecule has 0 bridgehead atoms. The molecule has 6 nitrogen and oxygen atoms in total. The van der Waals surface area contributed by atoms with Crippen LogP contribution in [-0.2, 0) is 15.9 Å². The lowest BCUT2D eigenvalue weighted by Crippen LogP contribution is -2.29. The summed E-state index contributed by atoms with van der Waals surface area (Å²) in [6, 6.07) is 5.62. The second-order valence-electron chi connectivity index (χ2n) is 6.02. The second kappa shape index (κ2) is 7.57. The Morgan fingerprint density at radius 1 is 1.42 bits per heavy atom. The van der Waals surface area contributed by atoms with E-state index >= 15 is 0 Å². The van der Waals surface area contributed by atoms with Crippen LogP contribution in [0.15, 0.2) is 30.6 Å². The third kappa shape index (κ3) is 3.48. The normalized spacial score (nSPS) is 16.8. The highest BCUT2D eigenvalue weighted by Crippen LogP contribution is 2.23. The van der Waals surface area contributed by atoms with E-state index in [4.69, 9.17) is 9.47 Å². The Bertz CT molecular complexity index is 678. The Morgan fingerprint density at radius 2 is 2.21 bits per heavy atom. The first kappa shape index (κ1) is 16.6. The summed E-state index contributed by atoms with van der Waals surface area (Å²) in [7, 11) is 0. The molecule has 1 aliphatic heterocycles. The van der Waals surface area contributed by atoms with E-state index in [9.17, 15) is 4.79 Å². The zero-order chi connectivity index (χ0) is 16.9. The molecule has 6 heteroatoms. The number of rotatable bonds is 5. The fraction of sp³-hybridized carbons (Fsp3) is 0.500. The number of hydrogen-bond acceptors (Lipinski definition) is 5. The van der Waals surface area contributed by atoms with Gasteiger partial charge in [0, 0.05) is 25.3 Å². The van der Waals surface area contributed by atoms with Crippen molar-refractivity contribution >= 4 is 5.97 Å². The van der Waals surface area contributed by atoms with Crippen molar-refractivity contribution in [2.24, 2.45) is 5.92 Å². The standard InChI is InChI=1S/C18H23N3O3/c1-3-16-15(12-20-21(16)17-6-4-5-9-19-17)18(22)24-13(2)14-7-10-23-11-8-14/h4-6,9,12-14H,3,7-8,10-11H2,1-2H3. The number of carbonyl (C=O) groups excluding carboxylic acids is 1. The van der Waals surface area contributed by atoms with Crippen LogP contribution >= 0.6 is 0 Å². The van der Waals surface area contributed by atoms with Gasteiger partial charge >= 0.3 is 5.97 Å². The van der Waals surface area contributed by atoms with E-state index in [1.165, 1.54) is 0 Å². The molecule has 0 aliphatic carbocycles. The molecule has 1 aliphatic rings. The Kier molecular flexibility index (Phi) is 5.25. The van der Waals surface area contributed by atoms with E-state index in [0.29, 0.717) is 23.7 Å². The van der Waals surface area contributed by atoms with E-state index in [1.807, 2.05) is 32.0 Å². The van der Waals surface area contributed by atoms with Crippen molar-refractivity contribution in [3.63, 3.8) is 0 Å². The van der Waals surface area contributed by atoms with Gasteiger partial charge in [-0.05, 0) is 38.3 Å². The SMILES string of the molecule is CCc1c(C(=O)OC(C)C2CCOCC2)cnn1-c1ccccn1. The number of carbonyl (C=O) groups is 1. The fourth-order valence-corrected chi connectivity index (χ4v) is 3.07. The topological polar surface area (TPSA) is 66.2 Å². The Balaban J connectivity index is 1.76. The smallest absolute Gasteiger partial charge is 0.341 e. The molecule has 0 spiro atoms. The highest BCUT2D eigenvalue weighted by Gasteiger charge is 2.26. The molecule has 3 rings (SSSR count). The van der Waals surface area contributed by atoms with Crippen molar-refractivity contribution in [3.8, 4) is 5.82 Å². The first-order chi connectivity index (χ1) is 11.7. The number of ether oxygens (including phenoxy) is 2. The predicted molar refractivity (Wildman–Crippen MR) is 89.2 cm³/mol. The molecule has 3 heterocycles. The molecule has 0 saturated carbocycles. The van der Waals surface area contributed by atoms with Crippen molar-refractivity contribution in [2.45, 2.75) is 39.2 Å². The average molecular weight is 329 g/mol. The van der Waals surface area contributed by atoms with E-state index in [1.54, 1.807) is 17.1 Å². The molecule has 0 N–H and O–H groups in total. The third-order valence-corrected chi connectivity index (χ3v) is 4.51. The summed E-state index contributed by atoms with van der Waals surface area (Å²) in [6.07, 6.45) is 5.70. The van der Waals surface area contributed by atoms with Crippen molar-refractivity contribution in [3.05, 3.63) is 41.9 Å². The first-order valence-corrected chi connectivity index (χ1v) is 8.47. The van der Waals surface area contributed by atoms with Gasteiger partial charge in [0.25, 0.3) is 0 Å². The molecule has 2 aromatic heterocycles. The average Bonchev–Trinajstić information content (AvgIpc) is 3.07. The summed E-state index contributed by atoms with van der Waals surface area (Å²) in [5, 5.41) is 4.33. The molecule has 128 valence electrons. The molecule has 0 radical (unpaired) electrons. The van der Waals surface area contributed by atoms with E-state index in [-0.39, 0.29) is 12.1 Å². The molecular formula is C18H23N3O3. The number of esters is 1. The minimum atomic E-state index is -0.312. The van der Waals surface area contributed by atoms with Gasteiger partial charge in [-0.15, -0.1) is 0 Å². The lowest BCUT2D eigenvalue weighted by Gasteiger charge is -2.27. The van der Waals surface area contributed by atoms with Crippen LogP contribution in [0.2, 0.25) is 0 Å². The maximum atomic E-state index is 12.6. The van der Waals surface area contributed by atoms with Gasteiger partial charge < -0.3 is 9.47 Å². The highest BCUT2D eigenvalue weighted by molar-refractivity contribution is 5.90. The molecule has 1 atom stereocenters. The summed E-state index contributed by atoms with van der Waals surface area (Å²) < 4.78 is 12.8. The van der Waals surface area contributed by atoms with Gasteiger partial charge in [-0.3, -0.25) is 0 Å². The molecule has 0 aromatic carbocycles. The summed E-state index contributed by atoms with van der Waals surface area (Å²) in [5.74, 6) is 0.748.